The van der Waals surface area contributed by atoms with Crippen LogP contribution in [-0.4, -0.2) is 16.7 Å². The number of para-hydroxylation sites is 1. The van der Waals surface area contributed by atoms with Gasteiger partial charge in [0.2, 0.25) is 0 Å². The van der Waals surface area contributed by atoms with Gasteiger partial charge >= 0.3 is 0 Å². The first-order valence-corrected chi connectivity index (χ1v) is 8.04. The van der Waals surface area contributed by atoms with E-state index in [0.29, 0.717) is 0 Å². The van der Waals surface area contributed by atoms with Crippen LogP contribution in [-0.2, 0) is 6.42 Å². The summed E-state index contributed by atoms with van der Waals surface area (Å²) < 4.78 is 0. The molecule has 3 N–H and O–H groups in total. The molecule has 1 aromatic heterocycles. The van der Waals surface area contributed by atoms with Gasteiger partial charge in [0.05, 0.1) is 5.52 Å². The van der Waals surface area contributed by atoms with Gasteiger partial charge in [0, 0.05) is 11.1 Å². The highest BCUT2D eigenvalue weighted by Crippen LogP contribution is 2.17. The molecule has 2 rings (SSSR count). The van der Waals surface area contributed by atoms with Gasteiger partial charge in [0.15, 0.2) is 0 Å². The Labute approximate surface area is 121 Å². The zero-order chi connectivity index (χ0) is 14.0. The van der Waals surface area contributed by atoms with Gasteiger partial charge in [-0.2, -0.15) is 5.10 Å². The molecule has 0 fully saturated rings. The number of benzene rings is 1. The molecule has 1 heterocycles. The van der Waals surface area contributed by atoms with E-state index in [2.05, 4.69) is 28.4 Å². The summed E-state index contributed by atoms with van der Waals surface area (Å²) in [6.07, 6.45) is 11.6. The Hall–Kier alpha value is -1.35. The van der Waals surface area contributed by atoms with Crippen molar-refractivity contribution in [3.05, 3.63) is 30.0 Å². The summed E-state index contributed by atoms with van der Waals surface area (Å²) in [6.45, 7) is 0.845. The van der Waals surface area contributed by atoms with Crippen molar-refractivity contribution in [1.82, 2.24) is 10.2 Å². The van der Waals surface area contributed by atoms with E-state index in [1.807, 2.05) is 6.07 Å². The maximum Gasteiger partial charge on any atom is 0.0923 e. The van der Waals surface area contributed by atoms with Crippen LogP contribution in [0.2, 0.25) is 0 Å². The molecule has 0 radical (unpaired) electrons. The molecule has 0 bridgehead atoms. The quantitative estimate of drug-likeness (QED) is 0.638. The zero-order valence-corrected chi connectivity index (χ0v) is 12.4. The Morgan fingerprint density at radius 1 is 0.850 bits per heavy atom. The number of unbranched alkanes of at least 4 members (excludes halogenated alkanes) is 7. The summed E-state index contributed by atoms with van der Waals surface area (Å²) in [4.78, 5) is 0. The third-order valence-electron chi connectivity index (χ3n) is 3.92. The standard InChI is InChI=1S/C17H27N3/c18-14-10-6-4-2-1-3-5-7-12-16-15-11-8-9-13-17(15)20-19-16/h8-9,11,13H,1-7,10,12,14,18H2,(H,19,20). The lowest BCUT2D eigenvalue weighted by Crippen LogP contribution is -1.97. The summed E-state index contributed by atoms with van der Waals surface area (Å²) in [5.74, 6) is 0. The highest BCUT2D eigenvalue weighted by atomic mass is 15.1. The second kappa shape index (κ2) is 8.75. The molecule has 0 saturated heterocycles. The van der Waals surface area contributed by atoms with Crippen molar-refractivity contribution in [3.63, 3.8) is 0 Å². The number of aromatic amines is 1. The Morgan fingerprint density at radius 2 is 1.50 bits per heavy atom. The minimum atomic E-state index is 0.845. The molecule has 3 heteroatoms. The Morgan fingerprint density at radius 3 is 2.25 bits per heavy atom. The third-order valence-corrected chi connectivity index (χ3v) is 3.92. The minimum Gasteiger partial charge on any atom is -0.330 e. The molecule has 0 amide bonds. The van der Waals surface area contributed by atoms with Gasteiger partial charge in [0.1, 0.15) is 0 Å². The maximum absolute atomic E-state index is 5.49. The predicted molar refractivity (Wildman–Crippen MR) is 85.8 cm³/mol. The van der Waals surface area contributed by atoms with E-state index >= 15 is 0 Å². The van der Waals surface area contributed by atoms with Crippen LogP contribution in [0.1, 0.15) is 57.1 Å². The fourth-order valence-corrected chi connectivity index (χ4v) is 2.71. The van der Waals surface area contributed by atoms with Crippen molar-refractivity contribution in [2.45, 2.75) is 57.8 Å². The smallest absolute Gasteiger partial charge is 0.0923 e. The van der Waals surface area contributed by atoms with Crippen LogP contribution in [0.4, 0.5) is 0 Å². The van der Waals surface area contributed by atoms with E-state index < -0.39 is 0 Å². The van der Waals surface area contributed by atoms with Gasteiger partial charge in [0.25, 0.3) is 0 Å². The number of hydrogen-bond donors (Lipinski definition) is 2. The number of H-pyrrole nitrogens is 1. The molecule has 2 aromatic rings. The lowest BCUT2D eigenvalue weighted by molar-refractivity contribution is 0.568. The van der Waals surface area contributed by atoms with Gasteiger partial charge in [-0.05, 0) is 31.9 Å². The number of hydrogen-bond acceptors (Lipinski definition) is 2. The number of nitrogens with one attached hydrogen (secondary N) is 1. The van der Waals surface area contributed by atoms with Crippen molar-refractivity contribution in [3.8, 4) is 0 Å². The molecular weight excluding hydrogens is 246 g/mol. The average molecular weight is 273 g/mol. The number of rotatable bonds is 10. The Balaban J connectivity index is 1.57. The van der Waals surface area contributed by atoms with E-state index in [9.17, 15) is 0 Å². The molecule has 110 valence electrons. The average Bonchev–Trinajstić information content (AvgIpc) is 2.89. The molecule has 0 saturated carbocycles. The Kier molecular flexibility index (Phi) is 6.58. The fraction of sp³-hybridized carbons (Fsp3) is 0.588. The Bertz CT molecular complexity index is 490. The van der Waals surface area contributed by atoms with E-state index in [4.69, 9.17) is 5.73 Å². The van der Waals surface area contributed by atoms with E-state index in [0.717, 1.165) is 18.5 Å². The first-order chi connectivity index (χ1) is 9.92. The molecule has 0 aliphatic heterocycles. The van der Waals surface area contributed by atoms with Gasteiger partial charge < -0.3 is 5.73 Å². The molecule has 0 unspecified atom stereocenters. The van der Waals surface area contributed by atoms with Crippen LogP contribution in [0.25, 0.3) is 10.9 Å². The number of aryl methyl sites for hydroxylation is 1. The largest absolute Gasteiger partial charge is 0.330 e. The van der Waals surface area contributed by atoms with Crippen molar-refractivity contribution >= 4 is 10.9 Å². The lowest BCUT2D eigenvalue weighted by Gasteiger charge is -2.02. The van der Waals surface area contributed by atoms with Crippen LogP contribution < -0.4 is 5.73 Å². The molecule has 3 nitrogen and oxygen atoms in total. The number of fused-ring (bicyclic) bond motifs is 1. The fourth-order valence-electron chi connectivity index (χ4n) is 2.71. The maximum atomic E-state index is 5.49. The summed E-state index contributed by atoms with van der Waals surface area (Å²) >= 11 is 0. The van der Waals surface area contributed by atoms with Crippen LogP contribution in [0.15, 0.2) is 24.3 Å². The zero-order valence-electron chi connectivity index (χ0n) is 12.4. The summed E-state index contributed by atoms with van der Waals surface area (Å²) in [5, 5.41) is 8.80. The van der Waals surface area contributed by atoms with Crippen molar-refractivity contribution in [2.24, 2.45) is 5.73 Å². The number of aromatic nitrogens is 2. The molecule has 0 spiro atoms. The monoisotopic (exact) mass is 273 g/mol. The van der Waals surface area contributed by atoms with Crippen LogP contribution >= 0.6 is 0 Å². The first-order valence-electron chi connectivity index (χ1n) is 8.04. The second-order valence-electron chi connectivity index (χ2n) is 5.59. The van der Waals surface area contributed by atoms with Crippen molar-refractivity contribution < 1.29 is 0 Å². The number of nitrogens with zero attached hydrogens (tertiary/aromatic N) is 1. The van der Waals surface area contributed by atoms with Crippen LogP contribution in [0.5, 0.6) is 0 Å². The van der Waals surface area contributed by atoms with E-state index in [1.54, 1.807) is 0 Å². The predicted octanol–water partition coefficient (Wildman–Crippen LogP) is 4.18. The van der Waals surface area contributed by atoms with Crippen molar-refractivity contribution in [2.75, 3.05) is 6.54 Å². The molecule has 0 aliphatic rings. The van der Waals surface area contributed by atoms with E-state index in [-0.39, 0.29) is 0 Å². The summed E-state index contributed by atoms with van der Waals surface area (Å²) in [6, 6.07) is 8.35. The second-order valence-corrected chi connectivity index (χ2v) is 5.59. The molecule has 1 aromatic carbocycles. The lowest BCUT2D eigenvalue weighted by atomic mass is 10.1. The SMILES string of the molecule is NCCCCCCCCCCc1[nH]nc2ccccc12. The normalized spacial score (nSPS) is 11.2. The van der Waals surface area contributed by atoms with Crippen LogP contribution in [0, 0.1) is 0 Å². The molecule has 0 aliphatic carbocycles. The van der Waals surface area contributed by atoms with Crippen molar-refractivity contribution in [1.29, 1.82) is 0 Å². The highest BCUT2D eigenvalue weighted by molar-refractivity contribution is 5.81. The minimum absolute atomic E-state index is 0.845. The third kappa shape index (κ3) is 4.64. The van der Waals surface area contributed by atoms with Crippen LogP contribution in [0.3, 0.4) is 0 Å². The van der Waals surface area contributed by atoms with Gasteiger partial charge in [-0.1, -0.05) is 56.7 Å². The summed E-state index contributed by atoms with van der Waals surface area (Å²) in [7, 11) is 0. The van der Waals surface area contributed by atoms with E-state index in [1.165, 1.54) is 62.4 Å². The number of nitrogens with two attached hydrogens (primary N) is 1. The summed E-state index contributed by atoms with van der Waals surface area (Å²) in [5.41, 5.74) is 7.87. The molecular formula is C17H27N3. The van der Waals surface area contributed by atoms with Gasteiger partial charge in [-0.25, -0.2) is 0 Å². The topological polar surface area (TPSA) is 54.7 Å². The first kappa shape index (κ1) is 15.0. The van der Waals surface area contributed by atoms with Gasteiger partial charge in [-0.15, -0.1) is 0 Å². The molecule has 0 atom stereocenters. The molecule has 20 heavy (non-hydrogen) atoms. The van der Waals surface area contributed by atoms with Gasteiger partial charge in [-0.3, -0.25) is 5.10 Å². The highest BCUT2D eigenvalue weighted by Gasteiger charge is 2.03.